The van der Waals surface area contributed by atoms with Gasteiger partial charge >= 0.3 is 5.97 Å². The van der Waals surface area contributed by atoms with Crippen LogP contribution >= 0.6 is 22.6 Å². The van der Waals surface area contributed by atoms with Crippen molar-refractivity contribution in [2.75, 3.05) is 6.54 Å². The molecule has 1 aromatic rings. The summed E-state index contributed by atoms with van der Waals surface area (Å²) in [4.78, 5) is 25.4. The molecule has 1 aromatic carbocycles. The van der Waals surface area contributed by atoms with Crippen molar-refractivity contribution in [3.8, 4) is 0 Å². The smallest absolute Gasteiger partial charge is 0.326 e. The van der Waals surface area contributed by atoms with Gasteiger partial charge in [0.25, 0.3) is 5.91 Å². The van der Waals surface area contributed by atoms with E-state index in [0.29, 0.717) is 12.1 Å². The molecule has 5 heteroatoms. The topological polar surface area (TPSA) is 57.6 Å². The molecule has 0 saturated carbocycles. The molecule has 0 bridgehead atoms. The Hall–Kier alpha value is -1.11. The summed E-state index contributed by atoms with van der Waals surface area (Å²) >= 11 is 2.11. The Morgan fingerprint density at radius 3 is 2.68 bits per heavy atom. The number of amides is 1. The van der Waals surface area contributed by atoms with Gasteiger partial charge in [0.2, 0.25) is 0 Å². The Morgan fingerprint density at radius 2 is 2.05 bits per heavy atom. The van der Waals surface area contributed by atoms with Crippen molar-refractivity contribution >= 4 is 34.5 Å². The second-order valence-corrected chi connectivity index (χ2v) is 6.04. The molecule has 1 aliphatic heterocycles. The number of nitrogens with zero attached hydrogens (tertiary/aromatic N) is 1. The Morgan fingerprint density at radius 1 is 1.37 bits per heavy atom. The van der Waals surface area contributed by atoms with Crippen LogP contribution in [0.15, 0.2) is 24.3 Å². The minimum atomic E-state index is -0.911. The second-order valence-electron chi connectivity index (χ2n) is 4.88. The number of hydrogen-bond donors (Lipinski definition) is 1. The number of benzene rings is 1. The first-order valence-corrected chi connectivity index (χ1v) is 7.38. The molecule has 1 fully saturated rings. The molecule has 0 radical (unpaired) electrons. The van der Waals surface area contributed by atoms with E-state index in [1.54, 1.807) is 12.1 Å². The Bertz CT molecular complexity index is 503. The van der Waals surface area contributed by atoms with E-state index in [4.69, 9.17) is 0 Å². The van der Waals surface area contributed by atoms with Crippen LogP contribution < -0.4 is 0 Å². The Labute approximate surface area is 125 Å². The molecule has 2 unspecified atom stereocenters. The van der Waals surface area contributed by atoms with Crippen molar-refractivity contribution < 1.29 is 14.7 Å². The largest absolute Gasteiger partial charge is 0.480 e. The third kappa shape index (κ3) is 2.91. The van der Waals surface area contributed by atoms with Crippen LogP contribution in [-0.2, 0) is 4.79 Å². The lowest BCUT2D eigenvalue weighted by Gasteiger charge is -2.37. The van der Waals surface area contributed by atoms with Crippen molar-refractivity contribution in [1.82, 2.24) is 4.90 Å². The maximum atomic E-state index is 12.5. The van der Waals surface area contributed by atoms with E-state index < -0.39 is 12.0 Å². The molecule has 1 aliphatic rings. The monoisotopic (exact) mass is 373 g/mol. The third-order valence-corrected chi connectivity index (χ3v) is 4.49. The molecular formula is C14H16INO3. The fourth-order valence-corrected chi connectivity index (χ4v) is 3.20. The van der Waals surface area contributed by atoms with E-state index in [1.165, 1.54) is 4.90 Å². The number of carbonyl (C=O) groups is 2. The summed E-state index contributed by atoms with van der Waals surface area (Å²) in [5.74, 6) is -1.09. The van der Waals surface area contributed by atoms with Crippen molar-refractivity contribution in [3.05, 3.63) is 33.4 Å². The lowest BCUT2D eigenvalue weighted by atomic mass is 9.90. The van der Waals surface area contributed by atoms with Gasteiger partial charge in [-0.1, -0.05) is 19.1 Å². The van der Waals surface area contributed by atoms with Gasteiger partial charge in [-0.25, -0.2) is 4.79 Å². The molecule has 0 aliphatic carbocycles. The highest BCUT2D eigenvalue weighted by Gasteiger charge is 2.37. The Kier molecular flexibility index (Phi) is 4.44. The van der Waals surface area contributed by atoms with Crippen LogP contribution in [0, 0.1) is 9.49 Å². The van der Waals surface area contributed by atoms with Crippen molar-refractivity contribution in [3.63, 3.8) is 0 Å². The summed E-state index contributed by atoms with van der Waals surface area (Å²) < 4.78 is 0.854. The summed E-state index contributed by atoms with van der Waals surface area (Å²) in [5.41, 5.74) is 0.587. The van der Waals surface area contributed by atoms with Gasteiger partial charge in [0.1, 0.15) is 6.04 Å². The number of piperidine rings is 1. The van der Waals surface area contributed by atoms with Crippen molar-refractivity contribution in [2.45, 2.75) is 25.8 Å². The van der Waals surface area contributed by atoms with Gasteiger partial charge in [-0.2, -0.15) is 0 Å². The standard InChI is InChI=1S/C14H16INO3/c1-9-5-4-8-16(12(9)14(18)19)13(17)10-6-2-3-7-11(10)15/h2-3,6-7,9,12H,4-5,8H2,1H3,(H,18,19). The molecule has 0 aromatic heterocycles. The second kappa shape index (κ2) is 5.90. The highest BCUT2D eigenvalue weighted by molar-refractivity contribution is 14.1. The summed E-state index contributed by atoms with van der Waals surface area (Å²) in [6.45, 7) is 2.42. The number of hydrogen-bond acceptors (Lipinski definition) is 2. The van der Waals surface area contributed by atoms with Crippen LogP contribution in [-0.4, -0.2) is 34.5 Å². The van der Waals surface area contributed by atoms with Gasteiger partial charge in [-0.15, -0.1) is 0 Å². The number of likely N-dealkylation sites (tertiary alicyclic amines) is 1. The fourth-order valence-electron chi connectivity index (χ4n) is 2.58. The minimum absolute atomic E-state index is 0.00317. The maximum absolute atomic E-state index is 12.5. The van der Waals surface area contributed by atoms with E-state index in [2.05, 4.69) is 22.6 Å². The number of carbonyl (C=O) groups excluding carboxylic acids is 1. The van der Waals surface area contributed by atoms with Gasteiger partial charge in [0.15, 0.2) is 0 Å². The van der Waals surface area contributed by atoms with Crippen LogP contribution in [0.25, 0.3) is 0 Å². The van der Waals surface area contributed by atoms with Crippen LogP contribution in [0.1, 0.15) is 30.1 Å². The zero-order valence-electron chi connectivity index (χ0n) is 10.7. The molecule has 102 valence electrons. The van der Waals surface area contributed by atoms with E-state index >= 15 is 0 Å². The zero-order chi connectivity index (χ0) is 14.0. The highest BCUT2D eigenvalue weighted by Crippen LogP contribution is 2.26. The molecule has 1 heterocycles. The molecule has 2 atom stereocenters. The first-order valence-electron chi connectivity index (χ1n) is 6.30. The summed E-state index contributed by atoms with van der Waals surface area (Å²) in [6, 6.07) is 6.57. The van der Waals surface area contributed by atoms with E-state index in [-0.39, 0.29) is 11.8 Å². The molecule has 1 amide bonds. The molecule has 4 nitrogen and oxygen atoms in total. The lowest BCUT2D eigenvalue weighted by molar-refractivity contribution is -0.145. The summed E-state index contributed by atoms with van der Waals surface area (Å²) in [6.07, 6.45) is 1.72. The quantitative estimate of drug-likeness (QED) is 0.811. The molecule has 1 saturated heterocycles. The van der Waals surface area contributed by atoms with E-state index in [1.807, 2.05) is 19.1 Å². The fraction of sp³-hybridized carbons (Fsp3) is 0.429. The predicted molar refractivity (Wildman–Crippen MR) is 80.0 cm³/mol. The number of rotatable bonds is 2. The number of aliphatic carboxylic acids is 1. The molecule has 2 rings (SSSR count). The van der Waals surface area contributed by atoms with Crippen LogP contribution in [0.4, 0.5) is 0 Å². The highest BCUT2D eigenvalue weighted by atomic mass is 127. The van der Waals surface area contributed by atoms with Gasteiger partial charge < -0.3 is 10.0 Å². The van der Waals surface area contributed by atoms with Gasteiger partial charge in [0.05, 0.1) is 5.56 Å². The summed E-state index contributed by atoms with van der Waals surface area (Å²) in [5, 5.41) is 9.35. The average Bonchev–Trinajstić information content (AvgIpc) is 2.37. The normalized spacial score (nSPS) is 23.2. The van der Waals surface area contributed by atoms with E-state index in [9.17, 15) is 14.7 Å². The number of halogens is 1. The van der Waals surface area contributed by atoms with Crippen molar-refractivity contribution in [1.29, 1.82) is 0 Å². The molecule has 19 heavy (non-hydrogen) atoms. The van der Waals surface area contributed by atoms with Crippen molar-refractivity contribution in [2.24, 2.45) is 5.92 Å². The molecule has 0 spiro atoms. The number of carboxylic acid groups (broad SMARTS) is 1. The van der Waals surface area contributed by atoms with Gasteiger partial charge in [-0.3, -0.25) is 4.79 Å². The van der Waals surface area contributed by atoms with Crippen LogP contribution in [0.5, 0.6) is 0 Å². The predicted octanol–water partition coefficient (Wildman–Crippen LogP) is 2.62. The first kappa shape index (κ1) is 14.3. The van der Waals surface area contributed by atoms with Crippen LogP contribution in [0.2, 0.25) is 0 Å². The Balaban J connectivity index is 2.31. The molecule has 1 N–H and O–H groups in total. The van der Waals surface area contributed by atoms with Crippen LogP contribution in [0.3, 0.4) is 0 Å². The SMILES string of the molecule is CC1CCCN(C(=O)c2ccccc2I)C1C(=O)O. The van der Waals surface area contributed by atoms with Gasteiger partial charge in [-0.05, 0) is 53.5 Å². The maximum Gasteiger partial charge on any atom is 0.326 e. The van der Waals surface area contributed by atoms with Gasteiger partial charge in [0, 0.05) is 10.1 Å². The lowest BCUT2D eigenvalue weighted by Crippen LogP contribution is -2.52. The molecular weight excluding hydrogens is 357 g/mol. The first-order chi connectivity index (χ1) is 9.02. The zero-order valence-corrected chi connectivity index (χ0v) is 12.8. The summed E-state index contributed by atoms with van der Waals surface area (Å²) in [7, 11) is 0. The third-order valence-electron chi connectivity index (χ3n) is 3.55. The average molecular weight is 373 g/mol. The minimum Gasteiger partial charge on any atom is -0.480 e. The van der Waals surface area contributed by atoms with E-state index in [0.717, 1.165) is 16.4 Å². The number of carboxylic acids is 1.